The van der Waals surface area contributed by atoms with Crippen LogP contribution in [0.3, 0.4) is 0 Å². The lowest BCUT2D eigenvalue weighted by Crippen LogP contribution is -2.60. The number of rotatable bonds is 51. The highest BCUT2D eigenvalue weighted by Gasteiger charge is 2.44. The molecule has 1 aliphatic heterocycles. The molecule has 0 aromatic rings. The third-order valence-corrected chi connectivity index (χ3v) is 14.0. The van der Waals surface area contributed by atoms with Gasteiger partial charge < -0.3 is 40.3 Å². The quantitative estimate of drug-likeness (QED) is 0.0261. The molecule has 1 fully saturated rings. The summed E-state index contributed by atoms with van der Waals surface area (Å²) in [7, 11) is 0. The highest BCUT2D eigenvalue weighted by molar-refractivity contribution is 5.76. The van der Waals surface area contributed by atoms with Gasteiger partial charge in [0.25, 0.3) is 0 Å². The van der Waals surface area contributed by atoms with Crippen molar-refractivity contribution in [2.24, 2.45) is 0 Å². The minimum Gasteiger partial charge on any atom is -0.394 e. The summed E-state index contributed by atoms with van der Waals surface area (Å²) in [5, 5.41) is 54.3. The van der Waals surface area contributed by atoms with E-state index in [0.717, 1.165) is 64.2 Å². The molecule has 72 heavy (non-hydrogen) atoms. The molecule has 0 bridgehead atoms. The summed E-state index contributed by atoms with van der Waals surface area (Å²) in [5.41, 5.74) is 0. The number of amides is 1. The Labute approximate surface area is 442 Å². The van der Waals surface area contributed by atoms with E-state index in [1.807, 2.05) is 6.08 Å². The molecular formula is C63H113NO8. The topological polar surface area (TPSA) is 149 Å². The van der Waals surface area contributed by atoms with Crippen LogP contribution in [0.1, 0.15) is 264 Å². The van der Waals surface area contributed by atoms with E-state index < -0.39 is 49.5 Å². The Bertz CT molecular complexity index is 1360. The second kappa shape index (κ2) is 52.1. The largest absolute Gasteiger partial charge is 0.394 e. The van der Waals surface area contributed by atoms with E-state index in [9.17, 15) is 30.3 Å². The molecule has 0 saturated carbocycles. The number of carbonyl (C=O) groups excluding carboxylic acids is 1. The zero-order valence-corrected chi connectivity index (χ0v) is 46.4. The molecule has 1 amide bonds. The Balaban J connectivity index is 2.07. The molecule has 0 spiro atoms. The van der Waals surface area contributed by atoms with Gasteiger partial charge in [-0.1, -0.05) is 254 Å². The van der Waals surface area contributed by atoms with Crippen LogP contribution >= 0.6 is 0 Å². The van der Waals surface area contributed by atoms with Crippen molar-refractivity contribution in [2.75, 3.05) is 13.2 Å². The van der Waals surface area contributed by atoms with Crippen molar-refractivity contribution >= 4 is 5.91 Å². The van der Waals surface area contributed by atoms with Crippen LogP contribution in [-0.2, 0) is 14.3 Å². The number of allylic oxidation sites excluding steroid dienone is 11. The lowest BCUT2D eigenvalue weighted by Gasteiger charge is -2.40. The first-order chi connectivity index (χ1) is 35.3. The normalized spacial score (nSPS) is 19.7. The fourth-order valence-corrected chi connectivity index (χ4v) is 9.18. The Hall–Kier alpha value is -2.37. The minimum absolute atomic E-state index is 0.191. The Morgan fingerprint density at radius 3 is 1.31 bits per heavy atom. The van der Waals surface area contributed by atoms with Gasteiger partial charge in [0.1, 0.15) is 24.4 Å². The third-order valence-electron chi connectivity index (χ3n) is 14.0. The van der Waals surface area contributed by atoms with Gasteiger partial charge in [-0.15, -0.1) is 0 Å². The highest BCUT2D eigenvalue weighted by atomic mass is 16.7. The molecule has 7 unspecified atom stereocenters. The van der Waals surface area contributed by atoms with Gasteiger partial charge in [-0.2, -0.15) is 0 Å². The Morgan fingerprint density at radius 2 is 0.847 bits per heavy atom. The highest BCUT2D eigenvalue weighted by Crippen LogP contribution is 2.23. The molecule has 0 aromatic heterocycles. The molecule has 1 rings (SSSR count). The van der Waals surface area contributed by atoms with Crippen molar-refractivity contribution in [2.45, 2.75) is 307 Å². The average molecular weight is 1010 g/mol. The number of hydrogen-bond acceptors (Lipinski definition) is 8. The number of nitrogens with one attached hydrogen (secondary N) is 1. The van der Waals surface area contributed by atoms with E-state index in [4.69, 9.17) is 9.47 Å². The van der Waals surface area contributed by atoms with Crippen molar-refractivity contribution < 1.29 is 39.8 Å². The minimum atomic E-state index is -1.58. The smallest absolute Gasteiger partial charge is 0.220 e. The Kier molecular flexibility index (Phi) is 48.9. The number of carbonyl (C=O) groups is 1. The van der Waals surface area contributed by atoms with Gasteiger partial charge in [-0.05, 0) is 77.0 Å². The van der Waals surface area contributed by atoms with Crippen molar-refractivity contribution in [3.8, 4) is 0 Å². The van der Waals surface area contributed by atoms with Gasteiger partial charge in [-0.3, -0.25) is 4.79 Å². The molecule has 1 heterocycles. The Morgan fingerprint density at radius 1 is 0.472 bits per heavy atom. The molecule has 418 valence electrons. The standard InChI is InChI=1S/C63H113NO8/c1-3-5-7-9-11-13-15-17-18-19-20-21-22-23-24-25-26-27-28-29-30-31-32-33-34-35-36-37-38-39-40-41-43-45-47-49-51-53-59(67)64-56(55-71-63-62(70)61(69)60(68)58(54-65)72-63)57(66)52-50-48-46-44-42-16-14-12-10-8-6-4-2/h10,12,15,17,19-20,22-23,42,44,50,52,56-58,60-63,65-66,68-70H,3-9,11,13-14,16,18,21,24-41,43,45-49,51,53-55H2,1-2H3,(H,64,67)/b12-10+,17-15-,20-19-,23-22-,44-42+,52-50+. The van der Waals surface area contributed by atoms with Crippen LogP contribution in [0, 0.1) is 0 Å². The SMILES string of the molecule is CCCC/C=C/CC/C=C/CC/C=C/C(O)C(COC1OC(CO)C(O)C(O)C1O)NC(=O)CCCCCCCCCCCCCCCCCCCCCCCC/C=C\C/C=C\C/C=C\CCCCCCC. The monoisotopic (exact) mass is 1010 g/mol. The third kappa shape index (κ3) is 40.9. The molecule has 1 saturated heterocycles. The first kappa shape index (κ1) is 67.6. The van der Waals surface area contributed by atoms with Crippen LogP contribution in [0.4, 0.5) is 0 Å². The number of ether oxygens (including phenoxy) is 2. The van der Waals surface area contributed by atoms with Gasteiger partial charge >= 0.3 is 0 Å². The molecule has 7 atom stereocenters. The fourth-order valence-electron chi connectivity index (χ4n) is 9.18. The maximum atomic E-state index is 13.0. The molecule has 6 N–H and O–H groups in total. The molecule has 0 radical (unpaired) electrons. The summed E-state index contributed by atoms with van der Waals surface area (Å²) >= 11 is 0. The molecular weight excluding hydrogens is 899 g/mol. The summed E-state index contributed by atoms with van der Waals surface area (Å²) < 4.78 is 11.2. The van der Waals surface area contributed by atoms with E-state index in [1.54, 1.807) is 6.08 Å². The first-order valence-corrected chi connectivity index (χ1v) is 30.2. The van der Waals surface area contributed by atoms with Crippen LogP contribution < -0.4 is 5.32 Å². The summed E-state index contributed by atoms with van der Waals surface area (Å²) in [5.74, 6) is -0.191. The average Bonchev–Trinajstić information content (AvgIpc) is 3.38. The van der Waals surface area contributed by atoms with Crippen LogP contribution in [0.2, 0.25) is 0 Å². The second-order valence-corrected chi connectivity index (χ2v) is 20.8. The molecule has 9 heteroatoms. The van der Waals surface area contributed by atoms with Crippen molar-refractivity contribution in [1.82, 2.24) is 5.32 Å². The first-order valence-electron chi connectivity index (χ1n) is 30.2. The van der Waals surface area contributed by atoms with Crippen molar-refractivity contribution in [1.29, 1.82) is 0 Å². The predicted octanol–water partition coefficient (Wildman–Crippen LogP) is 15.2. The number of aliphatic hydroxyl groups is 5. The van der Waals surface area contributed by atoms with E-state index in [2.05, 4.69) is 79.9 Å². The maximum absolute atomic E-state index is 13.0. The molecule has 9 nitrogen and oxygen atoms in total. The van der Waals surface area contributed by atoms with E-state index in [1.165, 1.54) is 180 Å². The van der Waals surface area contributed by atoms with Crippen LogP contribution in [0.15, 0.2) is 72.9 Å². The zero-order chi connectivity index (χ0) is 52.2. The van der Waals surface area contributed by atoms with Gasteiger partial charge in [0.15, 0.2) is 6.29 Å². The van der Waals surface area contributed by atoms with Crippen molar-refractivity contribution in [3.63, 3.8) is 0 Å². The number of aliphatic hydroxyl groups excluding tert-OH is 5. The summed E-state index contributed by atoms with van der Waals surface area (Å²) in [4.78, 5) is 13.0. The van der Waals surface area contributed by atoms with Crippen LogP contribution in [0.5, 0.6) is 0 Å². The molecule has 0 aromatic carbocycles. The van der Waals surface area contributed by atoms with Gasteiger partial charge in [-0.25, -0.2) is 0 Å². The number of unbranched alkanes of at least 4 members (excludes halogenated alkanes) is 31. The summed E-state index contributed by atoms with van der Waals surface area (Å²) in [6.45, 7) is 3.70. The number of hydrogen-bond donors (Lipinski definition) is 6. The van der Waals surface area contributed by atoms with E-state index in [-0.39, 0.29) is 12.5 Å². The summed E-state index contributed by atoms with van der Waals surface area (Å²) in [6, 6.07) is -0.828. The predicted molar refractivity (Wildman–Crippen MR) is 304 cm³/mol. The van der Waals surface area contributed by atoms with Gasteiger partial charge in [0, 0.05) is 6.42 Å². The fraction of sp³-hybridized carbons (Fsp3) is 0.794. The van der Waals surface area contributed by atoms with E-state index >= 15 is 0 Å². The van der Waals surface area contributed by atoms with Crippen LogP contribution in [-0.4, -0.2) is 87.5 Å². The van der Waals surface area contributed by atoms with Crippen LogP contribution in [0.25, 0.3) is 0 Å². The van der Waals surface area contributed by atoms with Gasteiger partial charge in [0.2, 0.25) is 5.91 Å². The van der Waals surface area contributed by atoms with Crippen molar-refractivity contribution in [3.05, 3.63) is 72.9 Å². The van der Waals surface area contributed by atoms with Gasteiger partial charge in [0.05, 0.1) is 25.4 Å². The van der Waals surface area contributed by atoms with E-state index in [0.29, 0.717) is 6.42 Å². The molecule has 0 aliphatic carbocycles. The maximum Gasteiger partial charge on any atom is 0.220 e. The lowest BCUT2D eigenvalue weighted by molar-refractivity contribution is -0.302. The summed E-state index contributed by atoms with van der Waals surface area (Å²) in [6.07, 6.45) is 65.8. The lowest BCUT2D eigenvalue weighted by atomic mass is 9.99. The second-order valence-electron chi connectivity index (χ2n) is 20.8. The molecule has 1 aliphatic rings. The zero-order valence-electron chi connectivity index (χ0n) is 46.4.